The number of carbonyl (C=O) groups excluding carboxylic acids is 1. The fourth-order valence-corrected chi connectivity index (χ4v) is 2.20. The normalized spacial score (nSPS) is 10.2. The molecule has 0 aliphatic heterocycles. The lowest BCUT2D eigenvalue weighted by molar-refractivity contribution is -0.123. The SMILES string of the molecule is Cc1nc(CNC(=O)COc2ccccc2C)cs1. The zero-order valence-corrected chi connectivity index (χ0v) is 11.8. The van der Waals surface area contributed by atoms with Gasteiger partial charge in [0.1, 0.15) is 5.75 Å². The number of thiazole rings is 1. The van der Waals surface area contributed by atoms with E-state index in [0.29, 0.717) is 6.54 Å². The average molecular weight is 276 g/mol. The lowest BCUT2D eigenvalue weighted by atomic mass is 10.2. The molecular weight excluding hydrogens is 260 g/mol. The molecule has 1 heterocycles. The van der Waals surface area contributed by atoms with Crippen molar-refractivity contribution in [2.75, 3.05) is 6.61 Å². The van der Waals surface area contributed by atoms with Gasteiger partial charge in [-0.3, -0.25) is 4.79 Å². The highest BCUT2D eigenvalue weighted by Crippen LogP contribution is 2.15. The molecule has 0 spiro atoms. The molecule has 0 aliphatic rings. The maximum absolute atomic E-state index is 11.6. The number of carbonyl (C=O) groups is 1. The van der Waals surface area contributed by atoms with E-state index in [1.54, 1.807) is 11.3 Å². The molecule has 1 amide bonds. The molecule has 0 saturated carbocycles. The van der Waals surface area contributed by atoms with Gasteiger partial charge in [0.15, 0.2) is 6.61 Å². The van der Waals surface area contributed by atoms with Gasteiger partial charge in [0.05, 0.1) is 17.2 Å². The molecule has 100 valence electrons. The van der Waals surface area contributed by atoms with Gasteiger partial charge in [-0.25, -0.2) is 4.98 Å². The molecule has 0 radical (unpaired) electrons. The molecule has 0 unspecified atom stereocenters. The maximum atomic E-state index is 11.6. The Kier molecular flexibility index (Phi) is 4.52. The predicted octanol–water partition coefficient (Wildman–Crippen LogP) is 2.46. The van der Waals surface area contributed by atoms with Crippen molar-refractivity contribution in [2.45, 2.75) is 20.4 Å². The van der Waals surface area contributed by atoms with Gasteiger partial charge < -0.3 is 10.1 Å². The zero-order valence-electron chi connectivity index (χ0n) is 11.0. The van der Waals surface area contributed by atoms with Crippen LogP contribution in [0.1, 0.15) is 16.3 Å². The fourth-order valence-electron chi connectivity index (χ4n) is 1.59. The third-order valence-corrected chi connectivity index (χ3v) is 3.41. The van der Waals surface area contributed by atoms with Crippen molar-refractivity contribution in [2.24, 2.45) is 0 Å². The highest BCUT2D eigenvalue weighted by Gasteiger charge is 2.05. The van der Waals surface area contributed by atoms with E-state index in [-0.39, 0.29) is 12.5 Å². The third-order valence-electron chi connectivity index (χ3n) is 2.59. The van der Waals surface area contributed by atoms with Gasteiger partial charge in [0, 0.05) is 5.38 Å². The molecule has 2 rings (SSSR count). The van der Waals surface area contributed by atoms with Crippen LogP contribution in [0.25, 0.3) is 0 Å². The van der Waals surface area contributed by atoms with Gasteiger partial charge in [-0.15, -0.1) is 11.3 Å². The predicted molar refractivity (Wildman–Crippen MR) is 75.4 cm³/mol. The topological polar surface area (TPSA) is 51.2 Å². The summed E-state index contributed by atoms with van der Waals surface area (Å²) in [6, 6.07) is 7.63. The third kappa shape index (κ3) is 4.06. The smallest absolute Gasteiger partial charge is 0.258 e. The van der Waals surface area contributed by atoms with E-state index in [9.17, 15) is 4.79 Å². The van der Waals surface area contributed by atoms with Crippen molar-refractivity contribution < 1.29 is 9.53 Å². The summed E-state index contributed by atoms with van der Waals surface area (Å²) in [6.45, 7) is 4.36. The van der Waals surface area contributed by atoms with Gasteiger partial charge in [0.2, 0.25) is 0 Å². The molecule has 4 nitrogen and oxygen atoms in total. The highest BCUT2D eigenvalue weighted by molar-refractivity contribution is 7.09. The van der Waals surface area contributed by atoms with Gasteiger partial charge in [-0.2, -0.15) is 0 Å². The molecule has 0 saturated heterocycles. The number of aryl methyl sites for hydroxylation is 2. The summed E-state index contributed by atoms with van der Waals surface area (Å²) in [5.74, 6) is 0.594. The molecule has 0 atom stereocenters. The Morgan fingerprint density at radius 1 is 1.37 bits per heavy atom. The van der Waals surface area contributed by atoms with Gasteiger partial charge in [-0.1, -0.05) is 18.2 Å². The van der Waals surface area contributed by atoms with E-state index < -0.39 is 0 Å². The molecule has 2 aromatic rings. The zero-order chi connectivity index (χ0) is 13.7. The molecule has 0 bridgehead atoms. The van der Waals surface area contributed by atoms with Crippen LogP contribution in [-0.2, 0) is 11.3 Å². The molecule has 1 N–H and O–H groups in total. The van der Waals surface area contributed by atoms with Crippen molar-refractivity contribution in [1.29, 1.82) is 0 Å². The van der Waals surface area contributed by atoms with Crippen LogP contribution < -0.4 is 10.1 Å². The standard InChI is InChI=1S/C14H16N2O2S/c1-10-5-3-4-6-13(10)18-8-14(17)15-7-12-9-19-11(2)16-12/h3-6,9H,7-8H2,1-2H3,(H,15,17). The minimum Gasteiger partial charge on any atom is -0.484 e. The van der Waals surface area contributed by atoms with Crippen LogP contribution in [0.5, 0.6) is 5.75 Å². The Labute approximate surface area is 116 Å². The minimum atomic E-state index is -0.145. The van der Waals surface area contributed by atoms with E-state index in [2.05, 4.69) is 10.3 Å². The van der Waals surface area contributed by atoms with Crippen LogP contribution in [0.15, 0.2) is 29.6 Å². The van der Waals surface area contributed by atoms with Crippen LogP contribution in [0.4, 0.5) is 0 Å². The van der Waals surface area contributed by atoms with E-state index in [4.69, 9.17) is 4.74 Å². The minimum absolute atomic E-state index is 0.0218. The first-order valence-corrected chi connectivity index (χ1v) is 6.89. The number of benzene rings is 1. The summed E-state index contributed by atoms with van der Waals surface area (Å²) in [5.41, 5.74) is 1.90. The second-order valence-electron chi connectivity index (χ2n) is 4.19. The first-order valence-electron chi connectivity index (χ1n) is 6.01. The number of nitrogens with zero attached hydrogens (tertiary/aromatic N) is 1. The van der Waals surface area contributed by atoms with Gasteiger partial charge in [-0.05, 0) is 25.5 Å². The Morgan fingerprint density at radius 3 is 2.84 bits per heavy atom. The second kappa shape index (κ2) is 6.33. The van der Waals surface area contributed by atoms with Crippen LogP contribution in [0.3, 0.4) is 0 Å². The fraction of sp³-hybridized carbons (Fsp3) is 0.286. The quantitative estimate of drug-likeness (QED) is 0.912. The second-order valence-corrected chi connectivity index (χ2v) is 5.25. The summed E-state index contributed by atoms with van der Waals surface area (Å²) in [6.07, 6.45) is 0. The lowest BCUT2D eigenvalue weighted by Gasteiger charge is -2.08. The van der Waals surface area contributed by atoms with Crippen LogP contribution in [-0.4, -0.2) is 17.5 Å². The number of hydrogen-bond donors (Lipinski definition) is 1. The summed E-state index contributed by atoms with van der Waals surface area (Å²) >= 11 is 1.57. The van der Waals surface area contributed by atoms with Gasteiger partial charge >= 0.3 is 0 Å². The van der Waals surface area contributed by atoms with Crippen LogP contribution in [0.2, 0.25) is 0 Å². The van der Waals surface area contributed by atoms with E-state index in [1.165, 1.54) is 0 Å². The maximum Gasteiger partial charge on any atom is 0.258 e. The summed E-state index contributed by atoms with van der Waals surface area (Å²) in [4.78, 5) is 15.9. The number of ether oxygens (including phenoxy) is 1. The Hall–Kier alpha value is -1.88. The van der Waals surface area contributed by atoms with E-state index in [0.717, 1.165) is 22.0 Å². The number of hydrogen-bond acceptors (Lipinski definition) is 4. The average Bonchev–Trinajstić information content (AvgIpc) is 2.81. The number of aromatic nitrogens is 1. The molecule has 0 aliphatic carbocycles. The van der Waals surface area contributed by atoms with Crippen molar-refractivity contribution in [3.63, 3.8) is 0 Å². The highest BCUT2D eigenvalue weighted by atomic mass is 32.1. The summed E-state index contributed by atoms with van der Waals surface area (Å²) < 4.78 is 5.46. The van der Waals surface area contributed by atoms with Crippen LogP contribution in [0, 0.1) is 13.8 Å². The van der Waals surface area contributed by atoms with E-state index >= 15 is 0 Å². The monoisotopic (exact) mass is 276 g/mol. The molecule has 1 aromatic carbocycles. The number of nitrogens with one attached hydrogen (secondary N) is 1. The Morgan fingerprint density at radius 2 is 2.16 bits per heavy atom. The molecule has 0 fully saturated rings. The summed E-state index contributed by atoms with van der Waals surface area (Å²) in [7, 11) is 0. The van der Waals surface area contributed by atoms with Gasteiger partial charge in [0.25, 0.3) is 5.91 Å². The number of amides is 1. The Bertz CT molecular complexity index is 566. The van der Waals surface area contributed by atoms with Crippen molar-refractivity contribution in [3.8, 4) is 5.75 Å². The number of rotatable bonds is 5. The van der Waals surface area contributed by atoms with Crippen molar-refractivity contribution in [3.05, 3.63) is 45.9 Å². The lowest BCUT2D eigenvalue weighted by Crippen LogP contribution is -2.28. The van der Waals surface area contributed by atoms with Crippen molar-refractivity contribution >= 4 is 17.2 Å². The van der Waals surface area contributed by atoms with Crippen molar-refractivity contribution in [1.82, 2.24) is 10.3 Å². The number of para-hydroxylation sites is 1. The first-order chi connectivity index (χ1) is 9.15. The van der Waals surface area contributed by atoms with Crippen LogP contribution >= 0.6 is 11.3 Å². The largest absolute Gasteiger partial charge is 0.484 e. The summed E-state index contributed by atoms with van der Waals surface area (Å²) in [5, 5.41) is 5.72. The molecule has 19 heavy (non-hydrogen) atoms. The molecule has 1 aromatic heterocycles. The molecule has 5 heteroatoms. The Balaban J connectivity index is 1.77. The van der Waals surface area contributed by atoms with E-state index in [1.807, 2.05) is 43.5 Å². The first kappa shape index (κ1) is 13.5. The molecular formula is C14H16N2O2S.